The van der Waals surface area contributed by atoms with E-state index in [4.69, 9.17) is 4.74 Å². The molecule has 0 spiro atoms. The molecule has 1 aliphatic carbocycles. The molecular formula is C20H27N3O3. The molecule has 3 atom stereocenters. The highest BCUT2D eigenvalue weighted by Gasteiger charge is 2.37. The summed E-state index contributed by atoms with van der Waals surface area (Å²) in [6.45, 7) is 3.14. The van der Waals surface area contributed by atoms with Gasteiger partial charge in [0.2, 0.25) is 0 Å². The van der Waals surface area contributed by atoms with E-state index < -0.39 is 6.10 Å². The van der Waals surface area contributed by atoms with Crippen molar-refractivity contribution in [1.29, 1.82) is 0 Å². The number of nitrogens with zero attached hydrogens (tertiary/aromatic N) is 2. The number of carbonyl (C=O) groups excluding carboxylic acids is 1. The monoisotopic (exact) mass is 357 g/mol. The first-order valence-electron chi connectivity index (χ1n) is 9.50. The number of aryl methyl sites for hydroxylation is 1. The van der Waals surface area contributed by atoms with Gasteiger partial charge < -0.3 is 19.7 Å². The number of ether oxygens (including phenoxy) is 1. The Balaban J connectivity index is 1.49. The average molecular weight is 357 g/mol. The van der Waals surface area contributed by atoms with Gasteiger partial charge in [-0.15, -0.1) is 0 Å². The van der Waals surface area contributed by atoms with Gasteiger partial charge in [0.25, 0.3) is 5.91 Å². The molecule has 2 aliphatic rings. The molecule has 0 bridgehead atoms. The van der Waals surface area contributed by atoms with Crippen molar-refractivity contribution in [2.24, 2.45) is 7.05 Å². The summed E-state index contributed by atoms with van der Waals surface area (Å²) in [5.41, 5.74) is 1.71. The SMILES string of the molecule is Cn1cc(C(=O)N[C@@H]2CCC[C@@H](N3CCOCC3)[C@@H]2O)c2ccccc21. The molecule has 2 heterocycles. The molecule has 2 fully saturated rings. The van der Waals surface area contributed by atoms with E-state index in [1.54, 1.807) is 0 Å². The normalized spacial score (nSPS) is 27.5. The zero-order chi connectivity index (χ0) is 18.1. The number of morpholine rings is 1. The number of aromatic nitrogens is 1. The first-order valence-corrected chi connectivity index (χ1v) is 9.50. The zero-order valence-corrected chi connectivity index (χ0v) is 15.2. The summed E-state index contributed by atoms with van der Waals surface area (Å²) in [7, 11) is 1.95. The third-order valence-corrected chi connectivity index (χ3v) is 5.79. The van der Waals surface area contributed by atoms with Gasteiger partial charge in [0.15, 0.2) is 0 Å². The third-order valence-electron chi connectivity index (χ3n) is 5.79. The summed E-state index contributed by atoms with van der Waals surface area (Å²) in [6.07, 6.45) is 4.13. The minimum absolute atomic E-state index is 0.102. The van der Waals surface area contributed by atoms with Crippen LogP contribution in [0.1, 0.15) is 29.6 Å². The second-order valence-corrected chi connectivity index (χ2v) is 7.39. The number of benzene rings is 1. The molecule has 1 aliphatic heterocycles. The Bertz CT molecular complexity index is 782. The minimum atomic E-state index is -0.541. The van der Waals surface area contributed by atoms with E-state index in [9.17, 15) is 9.90 Å². The van der Waals surface area contributed by atoms with Gasteiger partial charge in [-0.25, -0.2) is 0 Å². The number of para-hydroxylation sites is 1. The highest BCUT2D eigenvalue weighted by Crippen LogP contribution is 2.26. The number of hydrogen-bond acceptors (Lipinski definition) is 4. The van der Waals surface area contributed by atoms with E-state index in [1.165, 1.54) is 0 Å². The molecule has 2 aromatic rings. The lowest BCUT2D eigenvalue weighted by atomic mass is 9.86. The Labute approximate surface area is 153 Å². The van der Waals surface area contributed by atoms with Crippen molar-refractivity contribution >= 4 is 16.8 Å². The second kappa shape index (κ2) is 7.39. The van der Waals surface area contributed by atoms with Crippen molar-refractivity contribution in [1.82, 2.24) is 14.8 Å². The molecule has 1 amide bonds. The Hall–Kier alpha value is -1.89. The van der Waals surface area contributed by atoms with Crippen molar-refractivity contribution in [2.75, 3.05) is 26.3 Å². The van der Waals surface area contributed by atoms with Crippen LogP contribution in [0.3, 0.4) is 0 Å². The van der Waals surface area contributed by atoms with Crippen LogP contribution < -0.4 is 5.32 Å². The molecule has 2 N–H and O–H groups in total. The number of hydrogen-bond donors (Lipinski definition) is 2. The second-order valence-electron chi connectivity index (χ2n) is 7.39. The van der Waals surface area contributed by atoms with Gasteiger partial charge >= 0.3 is 0 Å². The fourth-order valence-electron chi connectivity index (χ4n) is 4.39. The van der Waals surface area contributed by atoms with Crippen LogP contribution in [0.5, 0.6) is 0 Å². The van der Waals surface area contributed by atoms with Crippen molar-refractivity contribution in [3.05, 3.63) is 36.0 Å². The lowest BCUT2D eigenvalue weighted by Gasteiger charge is -2.43. The number of fused-ring (bicyclic) bond motifs is 1. The minimum Gasteiger partial charge on any atom is -0.389 e. The Morgan fingerprint density at radius 3 is 2.81 bits per heavy atom. The molecule has 26 heavy (non-hydrogen) atoms. The van der Waals surface area contributed by atoms with Gasteiger partial charge in [-0.1, -0.05) is 18.2 Å². The van der Waals surface area contributed by atoms with E-state index in [0.29, 0.717) is 5.56 Å². The topological polar surface area (TPSA) is 66.7 Å². The molecule has 6 heteroatoms. The molecule has 0 unspecified atom stereocenters. The fraction of sp³-hybridized carbons (Fsp3) is 0.550. The Kier molecular flexibility index (Phi) is 4.98. The van der Waals surface area contributed by atoms with E-state index in [-0.39, 0.29) is 18.0 Å². The van der Waals surface area contributed by atoms with E-state index >= 15 is 0 Å². The van der Waals surface area contributed by atoms with Crippen molar-refractivity contribution in [3.63, 3.8) is 0 Å². The maximum atomic E-state index is 12.9. The van der Waals surface area contributed by atoms with Crippen LogP contribution in [-0.2, 0) is 11.8 Å². The lowest BCUT2D eigenvalue weighted by molar-refractivity contribution is -0.0459. The standard InChI is InChI=1S/C20H27N3O3/c1-22-13-15(14-5-2-3-7-17(14)22)20(25)21-16-6-4-8-18(19(16)24)23-9-11-26-12-10-23/h2-3,5,7,13,16,18-19,24H,4,6,8-12H2,1H3,(H,21,25)/t16-,18-,19-/m1/s1. The summed E-state index contributed by atoms with van der Waals surface area (Å²) < 4.78 is 7.39. The van der Waals surface area contributed by atoms with Crippen LogP contribution in [0.15, 0.2) is 30.5 Å². The first-order chi connectivity index (χ1) is 12.6. The van der Waals surface area contributed by atoms with Crippen LogP contribution in [-0.4, -0.2) is 65.0 Å². The maximum Gasteiger partial charge on any atom is 0.253 e. The van der Waals surface area contributed by atoms with Crippen molar-refractivity contribution in [3.8, 4) is 0 Å². The molecule has 1 saturated heterocycles. The molecule has 6 nitrogen and oxygen atoms in total. The van der Waals surface area contributed by atoms with Gasteiger partial charge in [-0.2, -0.15) is 0 Å². The zero-order valence-electron chi connectivity index (χ0n) is 15.2. The predicted molar refractivity (Wildman–Crippen MR) is 100 cm³/mol. The molecule has 140 valence electrons. The highest BCUT2D eigenvalue weighted by molar-refractivity contribution is 6.07. The molecule has 4 rings (SSSR count). The van der Waals surface area contributed by atoms with E-state index in [2.05, 4.69) is 10.2 Å². The number of aliphatic hydroxyl groups is 1. The van der Waals surface area contributed by atoms with Crippen LogP contribution in [0.25, 0.3) is 10.9 Å². The summed E-state index contributed by atoms with van der Waals surface area (Å²) >= 11 is 0. The number of nitrogens with one attached hydrogen (secondary N) is 1. The summed E-state index contributed by atoms with van der Waals surface area (Å²) in [6, 6.07) is 7.80. The molecule has 1 saturated carbocycles. The molecular weight excluding hydrogens is 330 g/mol. The largest absolute Gasteiger partial charge is 0.389 e. The van der Waals surface area contributed by atoms with Gasteiger partial charge in [0.1, 0.15) is 0 Å². The predicted octanol–water partition coefficient (Wildman–Crippen LogP) is 1.52. The fourth-order valence-corrected chi connectivity index (χ4v) is 4.39. The Morgan fingerprint density at radius 2 is 2.00 bits per heavy atom. The smallest absolute Gasteiger partial charge is 0.253 e. The quantitative estimate of drug-likeness (QED) is 0.874. The van der Waals surface area contributed by atoms with Gasteiger partial charge in [0, 0.05) is 43.3 Å². The summed E-state index contributed by atoms with van der Waals surface area (Å²) in [5.74, 6) is -0.103. The Morgan fingerprint density at radius 1 is 1.23 bits per heavy atom. The third kappa shape index (κ3) is 3.24. The van der Waals surface area contributed by atoms with Crippen LogP contribution >= 0.6 is 0 Å². The summed E-state index contributed by atoms with van der Waals surface area (Å²) in [5, 5.41) is 14.9. The number of rotatable bonds is 3. The average Bonchev–Trinajstić information content (AvgIpc) is 3.01. The van der Waals surface area contributed by atoms with Gasteiger partial charge in [-0.3, -0.25) is 9.69 Å². The van der Waals surface area contributed by atoms with Crippen molar-refractivity contribution in [2.45, 2.75) is 37.5 Å². The first kappa shape index (κ1) is 17.5. The van der Waals surface area contributed by atoms with E-state index in [1.807, 2.05) is 42.1 Å². The number of aliphatic hydroxyl groups excluding tert-OH is 1. The van der Waals surface area contributed by atoms with Crippen molar-refractivity contribution < 1.29 is 14.6 Å². The molecule has 0 radical (unpaired) electrons. The summed E-state index contributed by atoms with van der Waals surface area (Å²) in [4.78, 5) is 15.2. The number of carbonyl (C=O) groups is 1. The molecule has 1 aromatic carbocycles. The number of amides is 1. The molecule has 1 aromatic heterocycles. The van der Waals surface area contributed by atoms with Crippen LogP contribution in [0.2, 0.25) is 0 Å². The van der Waals surface area contributed by atoms with Crippen LogP contribution in [0, 0.1) is 0 Å². The van der Waals surface area contributed by atoms with Crippen LogP contribution in [0.4, 0.5) is 0 Å². The lowest BCUT2D eigenvalue weighted by Crippen LogP contribution is -2.58. The highest BCUT2D eigenvalue weighted by atomic mass is 16.5. The van der Waals surface area contributed by atoms with Gasteiger partial charge in [0.05, 0.1) is 30.9 Å². The maximum absolute atomic E-state index is 12.9. The van der Waals surface area contributed by atoms with Gasteiger partial charge in [-0.05, 0) is 25.3 Å². The van der Waals surface area contributed by atoms with E-state index in [0.717, 1.165) is 56.5 Å².